The second-order valence-electron chi connectivity index (χ2n) is 8.24. The molecule has 0 N–H and O–H groups in total. The number of hydrogen-bond acceptors (Lipinski definition) is 3. The van der Waals surface area contributed by atoms with Crippen molar-refractivity contribution in [3.8, 4) is 28.8 Å². The first-order chi connectivity index (χ1) is 13.4. The van der Waals surface area contributed by atoms with Crippen LogP contribution in [-0.4, -0.2) is 0 Å². The first-order valence-corrected chi connectivity index (χ1v) is 10.3. The number of nitriles is 1. The van der Waals surface area contributed by atoms with Crippen LogP contribution in [0.15, 0.2) is 41.8 Å². The lowest BCUT2D eigenvalue weighted by atomic mass is 9.84. The van der Waals surface area contributed by atoms with Crippen molar-refractivity contribution in [2.24, 2.45) is 12.5 Å². The van der Waals surface area contributed by atoms with Crippen molar-refractivity contribution < 1.29 is 9.30 Å². The number of nitrogens with zero attached hydrogens (tertiary/aromatic N) is 2. The maximum Gasteiger partial charge on any atom is 0.257 e. The molecule has 5 rings (SSSR count). The maximum atomic E-state index is 9.68. The topological polar surface area (TPSA) is 36.9 Å². The van der Waals surface area contributed by atoms with Crippen molar-refractivity contribution in [3.05, 3.63) is 52.9 Å². The van der Waals surface area contributed by atoms with Gasteiger partial charge in [-0.25, -0.2) is 0 Å². The monoisotopic (exact) mass is 385 g/mol. The van der Waals surface area contributed by atoms with Crippen LogP contribution in [0.25, 0.3) is 32.2 Å². The third kappa shape index (κ3) is 2.30. The highest BCUT2D eigenvalue weighted by Crippen LogP contribution is 2.51. The molecule has 0 saturated carbocycles. The van der Waals surface area contributed by atoms with Crippen LogP contribution >= 0.6 is 11.3 Å². The van der Waals surface area contributed by atoms with E-state index in [0.717, 1.165) is 33.7 Å². The lowest BCUT2D eigenvalue weighted by molar-refractivity contribution is -0.633. The van der Waals surface area contributed by atoms with Gasteiger partial charge in [0.15, 0.2) is 0 Å². The highest BCUT2D eigenvalue weighted by atomic mass is 32.1. The first-order valence-electron chi connectivity index (χ1n) is 9.45. The van der Waals surface area contributed by atoms with Crippen LogP contribution in [0.3, 0.4) is 0 Å². The summed E-state index contributed by atoms with van der Waals surface area (Å²) in [5.74, 6) is 1.82. The zero-order chi connectivity index (χ0) is 19.6. The van der Waals surface area contributed by atoms with Crippen LogP contribution in [-0.2, 0) is 13.5 Å². The number of benzene rings is 2. The Kier molecular flexibility index (Phi) is 3.56. The predicted octanol–water partition coefficient (Wildman–Crippen LogP) is 6.05. The van der Waals surface area contributed by atoms with Gasteiger partial charge in [-0.3, -0.25) is 0 Å². The fraction of sp³-hybridized carbons (Fsp3) is 0.250. The summed E-state index contributed by atoms with van der Waals surface area (Å²) in [6, 6.07) is 15.3. The van der Waals surface area contributed by atoms with E-state index in [0.29, 0.717) is 6.42 Å². The number of para-hydroxylation sites is 1. The lowest BCUT2D eigenvalue weighted by Gasteiger charge is -2.24. The summed E-state index contributed by atoms with van der Waals surface area (Å²) in [4.78, 5) is 0. The molecule has 1 aliphatic rings. The molecule has 28 heavy (non-hydrogen) atoms. The maximum absolute atomic E-state index is 9.68. The molecule has 0 fully saturated rings. The molecule has 138 valence electrons. The summed E-state index contributed by atoms with van der Waals surface area (Å²) in [6.45, 7) is 6.15. The molecule has 0 amide bonds. The minimum absolute atomic E-state index is 0.476. The van der Waals surface area contributed by atoms with E-state index >= 15 is 0 Å². The van der Waals surface area contributed by atoms with Crippen LogP contribution in [0, 0.1) is 23.7 Å². The number of thiophene rings is 1. The summed E-state index contributed by atoms with van der Waals surface area (Å²) < 4.78 is 10.0. The van der Waals surface area contributed by atoms with Crippen molar-refractivity contribution in [2.45, 2.75) is 27.2 Å². The largest absolute Gasteiger partial charge is 0.448 e. The summed E-state index contributed by atoms with van der Waals surface area (Å²) in [5.41, 5.74) is 5.39. The van der Waals surface area contributed by atoms with E-state index in [9.17, 15) is 5.26 Å². The zero-order valence-corrected chi connectivity index (χ0v) is 17.3. The minimum atomic E-state index is -0.476. The van der Waals surface area contributed by atoms with Gasteiger partial charge >= 0.3 is 0 Å². The van der Waals surface area contributed by atoms with E-state index in [1.54, 1.807) is 11.3 Å². The molecular formula is C24H21N2OS+. The average Bonchev–Trinajstić information content (AvgIpc) is 3.11. The van der Waals surface area contributed by atoms with Crippen molar-refractivity contribution in [3.63, 3.8) is 0 Å². The second kappa shape index (κ2) is 5.80. The van der Waals surface area contributed by atoms with E-state index in [4.69, 9.17) is 4.74 Å². The highest BCUT2D eigenvalue weighted by Gasteiger charge is 2.36. The Balaban J connectivity index is 1.96. The number of ether oxygens (including phenoxy) is 1. The van der Waals surface area contributed by atoms with E-state index < -0.39 is 5.41 Å². The number of rotatable bonds is 2. The Morgan fingerprint density at radius 2 is 1.96 bits per heavy atom. The van der Waals surface area contributed by atoms with Gasteiger partial charge in [0.1, 0.15) is 12.8 Å². The Hall–Kier alpha value is -2.90. The number of aromatic nitrogens is 1. The Morgan fingerprint density at radius 3 is 2.75 bits per heavy atom. The van der Waals surface area contributed by atoms with Gasteiger partial charge in [-0.1, -0.05) is 18.2 Å². The van der Waals surface area contributed by atoms with Gasteiger partial charge in [-0.05, 0) is 44.9 Å². The van der Waals surface area contributed by atoms with Crippen LogP contribution in [0.5, 0.6) is 11.5 Å². The van der Waals surface area contributed by atoms with Gasteiger partial charge in [-0.2, -0.15) is 9.83 Å². The molecule has 2 aromatic heterocycles. The molecule has 0 aliphatic carbocycles. The second-order valence-corrected chi connectivity index (χ2v) is 9.15. The van der Waals surface area contributed by atoms with Crippen LogP contribution in [0.2, 0.25) is 0 Å². The Labute approximate surface area is 168 Å². The standard InChI is InChI=1S/C24H21N2OS/c1-14-9-10-19-21-18(12-28-19)27-23-16(11-24(2,3)13-25)15-7-5-6-8-17(15)26(4)22(23)20(14)21/h5-10,12H,11H2,1-4H3/q+1. The minimum Gasteiger partial charge on any atom is -0.448 e. The molecule has 0 spiro atoms. The molecule has 3 heterocycles. The predicted molar refractivity (Wildman–Crippen MR) is 114 cm³/mol. The van der Waals surface area contributed by atoms with Crippen molar-refractivity contribution in [1.29, 1.82) is 5.26 Å². The molecule has 0 radical (unpaired) electrons. The molecule has 0 bridgehead atoms. The van der Waals surface area contributed by atoms with Crippen molar-refractivity contribution in [1.82, 2.24) is 0 Å². The van der Waals surface area contributed by atoms with Gasteiger partial charge in [-0.15, -0.1) is 11.3 Å². The van der Waals surface area contributed by atoms with Gasteiger partial charge < -0.3 is 4.74 Å². The van der Waals surface area contributed by atoms with Gasteiger partial charge in [0.25, 0.3) is 5.69 Å². The van der Waals surface area contributed by atoms with E-state index in [2.05, 4.69) is 66.4 Å². The fourth-order valence-corrected chi connectivity index (χ4v) is 5.17. The molecule has 0 atom stereocenters. The van der Waals surface area contributed by atoms with Gasteiger partial charge in [0.05, 0.1) is 22.4 Å². The smallest absolute Gasteiger partial charge is 0.257 e. The number of aryl methyl sites for hydroxylation is 2. The van der Waals surface area contributed by atoms with Gasteiger partial charge in [0.2, 0.25) is 11.3 Å². The Morgan fingerprint density at radius 1 is 1.18 bits per heavy atom. The van der Waals surface area contributed by atoms with Crippen LogP contribution in [0.1, 0.15) is 25.0 Å². The third-order valence-electron chi connectivity index (χ3n) is 5.70. The number of hydrogen-bond donors (Lipinski definition) is 0. The van der Waals surface area contributed by atoms with E-state index in [1.165, 1.54) is 21.2 Å². The molecule has 4 aromatic rings. The third-order valence-corrected chi connectivity index (χ3v) is 6.63. The Bertz CT molecular complexity index is 1320. The molecule has 0 saturated heterocycles. The summed E-state index contributed by atoms with van der Waals surface area (Å²) in [7, 11) is 2.11. The normalized spacial score (nSPS) is 12.7. The fourth-order valence-electron chi connectivity index (χ4n) is 4.30. The lowest BCUT2D eigenvalue weighted by Crippen LogP contribution is -2.34. The average molecular weight is 386 g/mol. The molecular weight excluding hydrogens is 364 g/mol. The molecule has 1 aliphatic heterocycles. The quantitative estimate of drug-likeness (QED) is 0.347. The first kappa shape index (κ1) is 17.2. The van der Waals surface area contributed by atoms with Crippen LogP contribution in [0.4, 0.5) is 0 Å². The van der Waals surface area contributed by atoms with E-state index in [-0.39, 0.29) is 0 Å². The molecule has 4 heteroatoms. The summed E-state index contributed by atoms with van der Waals surface area (Å²) >= 11 is 1.72. The zero-order valence-electron chi connectivity index (χ0n) is 16.5. The SMILES string of the molecule is Cc1ccc2scc3c2c1-c1c(c(CC(C)(C)C#N)c2ccccc2[n+]1C)O3. The van der Waals surface area contributed by atoms with Crippen molar-refractivity contribution in [2.75, 3.05) is 0 Å². The van der Waals surface area contributed by atoms with Crippen LogP contribution < -0.4 is 9.30 Å². The molecule has 3 nitrogen and oxygen atoms in total. The summed E-state index contributed by atoms with van der Waals surface area (Å²) in [5, 5.41) is 14.1. The summed E-state index contributed by atoms with van der Waals surface area (Å²) in [6.07, 6.45) is 0.641. The number of pyridine rings is 1. The molecule has 0 unspecified atom stereocenters. The highest BCUT2D eigenvalue weighted by molar-refractivity contribution is 7.17. The van der Waals surface area contributed by atoms with Gasteiger partial charge in [0, 0.05) is 27.1 Å². The molecule has 2 aromatic carbocycles. The number of fused-ring (bicyclic) bond motifs is 3. The van der Waals surface area contributed by atoms with E-state index in [1.807, 2.05) is 13.8 Å². The van der Waals surface area contributed by atoms with Crippen molar-refractivity contribution >= 4 is 32.3 Å².